The van der Waals surface area contributed by atoms with Gasteiger partial charge in [-0.15, -0.1) is 0 Å². The van der Waals surface area contributed by atoms with E-state index in [4.69, 9.17) is 9.47 Å². The Labute approximate surface area is 98.9 Å². The lowest BCUT2D eigenvalue weighted by Gasteiger charge is -2.40. The molecule has 0 aromatic rings. The Morgan fingerprint density at radius 1 is 1.12 bits per heavy atom. The van der Waals surface area contributed by atoms with Crippen LogP contribution < -0.4 is 5.32 Å². The highest BCUT2D eigenvalue weighted by Crippen LogP contribution is 2.37. The average Bonchev–Trinajstić information content (AvgIpc) is 2.27. The molecule has 2 fully saturated rings. The van der Waals surface area contributed by atoms with E-state index in [0.717, 1.165) is 26.2 Å². The van der Waals surface area contributed by atoms with E-state index >= 15 is 0 Å². The molecule has 0 aliphatic carbocycles. The number of hydrogen-bond acceptors (Lipinski definition) is 3. The van der Waals surface area contributed by atoms with Crippen molar-refractivity contribution in [2.45, 2.75) is 58.3 Å². The van der Waals surface area contributed by atoms with Gasteiger partial charge in [-0.2, -0.15) is 0 Å². The third-order valence-corrected chi connectivity index (χ3v) is 3.75. The van der Waals surface area contributed by atoms with Crippen LogP contribution in [0.4, 0.5) is 0 Å². The summed E-state index contributed by atoms with van der Waals surface area (Å²) in [6.07, 6.45) is 1.08. The van der Waals surface area contributed by atoms with Crippen molar-refractivity contribution in [3.63, 3.8) is 0 Å². The van der Waals surface area contributed by atoms with Crippen molar-refractivity contribution in [1.82, 2.24) is 5.32 Å². The standard InChI is InChI=1S/C13H25NO2/c1-11(2)6-10(12(3,4)16-11)14-7-13(5)8-15-9-13/h10,14H,6-9H2,1-5H3. The Hall–Kier alpha value is -0.120. The Bertz CT molecular complexity index is 269. The molecule has 0 radical (unpaired) electrons. The number of rotatable bonds is 3. The van der Waals surface area contributed by atoms with E-state index in [0.29, 0.717) is 11.5 Å². The zero-order valence-electron chi connectivity index (χ0n) is 11.2. The van der Waals surface area contributed by atoms with E-state index in [1.165, 1.54) is 0 Å². The fourth-order valence-electron chi connectivity index (χ4n) is 2.80. The maximum Gasteiger partial charge on any atom is 0.0787 e. The third-order valence-electron chi connectivity index (χ3n) is 3.75. The molecule has 2 aliphatic heterocycles. The molecule has 0 spiro atoms. The second-order valence-corrected chi connectivity index (χ2v) is 6.91. The van der Waals surface area contributed by atoms with Crippen LogP contribution in [0.1, 0.15) is 41.0 Å². The molecule has 0 saturated carbocycles. The highest BCUT2D eigenvalue weighted by molar-refractivity contribution is 5.00. The Kier molecular flexibility index (Phi) is 2.84. The van der Waals surface area contributed by atoms with Gasteiger partial charge in [0.25, 0.3) is 0 Å². The zero-order chi connectivity index (χ0) is 12.0. The van der Waals surface area contributed by atoms with Gasteiger partial charge in [0, 0.05) is 18.0 Å². The highest BCUT2D eigenvalue weighted by Gasteiger charge is 2.46. The SMILES string of the molecule is CC1(CNC2CC(C)(C)OC2(C)C)COC1. The number of hydrogen-bond donors (Lipinski definition) is 1. The van der Waals surface area contributed by atoms with Crippen LogP contribution >= 0.6 is 0 Å². The second-order valence-electron chi connectivity index (χ2n) is 6.91. The van der Waals surface area contributed by atoms with Crippen molar-refractivity contribution in [3.8, 4) is 0 Å². The smallest absolute Gasteiger partial charge is 0.0787 e. The summed E-state index contributed by atoms with van der Waals surface area (Å²) in [6.45, 7) is 13.8. The largest absolute Gasteiger partial charge is 0.380 e. The Morgan fingerprint density at radius 3 is 2.12 bits per heavy atom. The normalized spacial score (nSPS) is 34.7. The predicted molar refractivity (Wildman–Crippen MR) is 64.6 cm³/mol. The summed E-state index contributed by atoms with van der Waals surface area (Å²) < 4.78 is 11.3. The summed E-state index contributed by atoms with van der Waals surface area (Å²) in [5, 5.41) is 3.66. The van der Waals surface area contributed by atoms with Crippen molar-refractivity contribution in [2.75, 3.05) is 19.8 Å². The van der Waals surface area contributed by atoms with Gasteiger partial charge in [-0.05, 0) is 34.1 Å². The molecule has 2 aliphatic rings. The maximum atomic E-state index is 6.07. The molecule has 1 unspecified atom stereocenters. The van der Waals surface area contributed by atoms with Crippen LogP contribution in [-0.4, -0.2) is 37.0 Å². The van der Waals surface area contributed by atoms with Gasteiger partial charge in [-0.3, -0.25) is 0 Å². The molecule has 16 heavy (non-hydrogen) atoms. The molecule has 0 bridgehead atoms. The van der Waals surface area contributed by atoms with E-state index in [-0.39, 0.29) is 11.2 Å². The number of ether oxygens (including phenoxy) is 2. The summed E-state index contributed by atoms with van der Waals surface area (Å²) in [5.41, 5.74) is 0.269. The van der Waals surface area contributed by atoms with Crippen LogP contribution in [0, 0.1) is 5.41 Å². The molecule has 3 heteroatoms. The molecule has 94 valence electrons. The van der Waals surface area contributed by atoms with Crippen LogP contribution in [0.5, 0.6) is 0 Å². The molecule has 2 rings (SSSR count). The molecule has 0 aromatic carbocycles. The van der Waals surface area contributed by atoms with E-state index in [9.17, 15) is 0 Å². The van der Waals surface area contributed by atoms with Gasteiger partial charge in [0.15, 0.2) is 0 Å². The first-order valence-electron chi connectivity index (χ1n) is 6.24. The zero-order valence-corrected chi connectivity index (χ0v) is 11.2. The van der Waals surface area contributed by atoms with Crippen molar-refractivity contribution in [1.29, 1.82) is 0 Å². The quantitative estimate of drug-likeness (QED) is 0.799. The maximum absolute atomic E-state index is 6.07. The Morgan fingerprint density at radius 2 is 1.75 bits per heavy atom. The minimum atomic E-state index is -0.0650. The summed E-state index contributed by atoms with van der Waals surface area (Å²) in [5.74, 6) is 0. The van der Waals surface area contributed by atoms with Gasteiger partial charge in [-0.1, -0.05) is 6.92 Å². The van der Waals surface area contributed by atoms with Gasteiger partial charge in [0.1, 0.15) is 0 Å². The first kappa shape index (κ1) is 12.3. The average molecular weight is 227 g/mol. The monoisotopic (exact) mass is 227 g/mol. The highest BCUT2D eigenvalue weighted by atomic mass is 16.5. The van der Waals surface area contributed by atoms with Crippen LogP contribution in [0.3, 0.4) is 0 Å². The summed E-state index contributed by atoms with van der Waals surface area (Å²) in [7, 11) is 0. The molecule has 0 amide bonds. The minimum absolute atomic E-state index is 0.00180. The van der Waals surface area contributed by atoms with Crippen LogP contribution in [0.15, 0.2) is 0 Å². The molecular formula is C13H25NO2. The van der Waals surface area contributed by atoms with Gasteiger partial charge >= 0.3 is 0 Å². The second kappa shape index (κ2) is 3.69. The van der Waals surface area contributed by atoms with Crippen LogP contribution in [-0.2, 0) is 9.47 Å². The molecule has 2 heterocycles. The van der Waals surface area contributed by atoms with Crippen molar-refractivity contribution in [3.05, 3.63) is 0 Å². The summed E-state index contributed by atoms with van der Waals surface area (Å²) >= 11 is 0. The molecular weight excluding hydrogens is 202 g/mol. The van der Waals surface area contributed by atoms with Crippen molar-refractivity contribution >= 4 is 0 Å². The molecule has 0 aromatic heterocycles. The Balaban J connectivity index is 1.89. The van der Waals surface area contributed by atoms with E-state index < -0.39 is 0 Å². The van der Waals surface area contributed by atoms with Crippen molar-refractivity contribution in [2.24, 2.45) is 5.41 Å². The first-order chi connectivity index (χ1) is 7.23. The molecule has 3 nitrogen and oxygen atoms in total. The van der Waals surface area contributed by atoms with Crippen molar-refractivity contribution < 1.29 is 9.47 Å². The lowest BCUT2D eigenvalue weighted by Crippen LogP contribution is -2.53. The minimum Gasteiger partial charge on any atom is -0.380 e. The van der Waals surface area contributed by atoms with E-state index in [1.54, 1.807) is 0 Å². The summed E-state index contributed by atoms with van der Waals surface area (Å²) in [6, 6.07) is 0.444. The fraction of sp³-hybridized carbons (Fsp3) is 1.00. The third kappa shape index (κ3) is 2.41. The van der Waals surface area contributed by atoms with Crippen LogP contribution in [0.25, 0.3) is 0 Å². The van der Waals surface area contributed by atoms with Crippen LogP contribution in [0.2, 0.25) is 0 Å². The molecule has 2 saturated heterocycles. The van der Waals surface area contributed by atoms with Gasteiger partial charge in [0.2, 0.25) is 0 Å². The predicted octanol–water partition coefficient (Wildman–Crippen LogP) is 1.96. The van der Waals surface area contributed by atoms with E-state index in [2.05, 4.69) is 39.9 Å². The number of nitrogens with one attached hydrogen (secondary N) is 1. The fourth-order valence-corrected chi connectivity index (χ4v) is 2.80. The molecule has 1 atom stereocenters. The summed E-state index contributed by atoms with van der Waals surface area (Å²) in [4.78, 5) is 0. The van der Waals surface area contributed by atoms with Gasteiger partial charge < -0.3 is 14.8 Å². The topological polar surface area (TPSA) is 30.5 Å². The lowest BCUT2D eigenvalue weighted by molar-refractivity contribution is -0.104. The molecule has 1 N–H and O–H groups in total. The van der Waals surface area contributed by atoms with Gasteiger partial charge in [0.05, 0.1) is 24.4 Å². The van der Waals surface area contributed by atoms with E-state index in [1.807, 2.05) is 0 Å². The lowest BCUT2D eigenvalue weighted by atomic mass is 9.87. The first-order valence-corrected chi connectivity index (χ1v) is 6.24. The van der Waals surface area contributed by atoms with Gasteiger partial charge in [-0.25, -0.2) is 0 Å².